The van der Waals surface area contributed by atoms with E-state index in [9.17, 15) is 18.0 Å². The highest BCUT2D eigenvalue weighted by Gasteiger charge is 2.27. The van der Waals surface area contributed by atoms with Gasteiger partial charge in [0.05, 0.1) is 4.90 Å². The molecular weight excluding hydrogens is 394 g/mol. The molecule has 2 aromatic carbocycles. The van der Waals surface area contributed by atoms with Gasteiger partial charge in [-0.1, -0.05) is 18.2 Å². The fraction of sp³-hybridized carbons (Fsp3) is 0.300. The van der Waals surface area contributed by atoms with Crippen LogP contribution in [0, 0.1) is 6.92 Å². The normalized spacial score (nSPS) is 14.4. The zero-order valence-corrected chi connectivity index (χ0v) is 16.9. The van der Waals surface area contributed by atoms with Crippen molar-refractivity contribution in [2.24, 2.45) is 0 Å². The third kappa shape index (κ3) is 5.33. The summed E-state index contributed by atoms with van der Waals surface area (Å²) in [6.45, 7) is 2.60. The molecule has 0 aliphatic carbocycles. The van der Waals surface area contributed by atoms with Gasteiger partial charge in [-0.15, -0.1) is 0 Å². The standard InChI is InChI=1S/C20H23N3O5S/c1-15-6-4-8-17(12-15)28-14-19(24)21-22-20(25)16-7-5-9-18(13-16)29(26,27)23-10-2-3-11-23/h4-9,12-13H,2-3,10-11,14H2,1H3,(H,21,24)(H,22,25). The number of carbonyl (C=O) groups excluding carboxylic acids is 2. The maximum Gasteiger partial charge on any atom is 0.276 e. The first-order valence-corrected chi connectivity index (χ1v) is 10.7. The number of sulfonamides is 1. The predicted octanol–water partition coefficient (Wildman–Crippen LogP) is 1.62. The molecule has 1 saturated heterocycles. The SMILES string of the molecule is Cc1cccc(OCC(=O)NNC(=O)c2cccc(S(=O)(=O)N3CCCC3)c2)c1. The molecule has 1 heterocycles. The second-order valence-corrected chi connectivity index (χ2v) is 8.68. The molecule has 1 fully saturated rings. The van der Waals surface area contributed by atoms with E-state index in [1.54, 1.807) is 12.1 Å². The summed E-state index contributed by atoms with van der Waals surface area (Å²) in [5.74, 6) is -0.612. The summed E-state index contributed by atoms with van der Waals surface area (Å²) in [5, 5.41) is 0. The lowest BCUT2D eigenvalue weighted by molar-refractivity contribution is -0.123. The van der Waals surface area contributed by atoms with Crippen molar-refractivity contribution in [2.75, 3.05) is 19.7 Å². The molecule has 0 spiro atoms. The van der Waals surface area contributed by atoms with Gasteiger partial charge in [-0.3, -0.25) is 20.4 Å². The van der Waals surface area contributed by atoms with E-state index in [1.807, 2.05) is 19.1 Å². The Morgan fingerprint density at radius 2 is 1.76 bits per heavy atom. The van der Waals surface area contributed by atoms with Crippen LogP contribution in [0.25, 0.3) is 0 Å². The molecule has 0 atom stereocenters. The topological polar surface area (TPSA) is 105 Å². The van der Waals surface area contributed by atoms with Crippen LogP contribution >= 0.6 is 0 Å². The van der Waals surface area contributed by atoms with Gasteiger partial charge in [0, 0.05) is 18.7 Å². The zero-order valence-electron chi connectivity index (χ0n) is 16.1. The number of aryl methyl sites for hydroxylation is 1. The monoisotopic (exact) mass is 417 g/mol. The van der Waals surface area contributed by atoms with Gasteiger partial charge in [0.1, 0.15) is 5.75 Å². The minimum atomic E-state index is -3.62. The first-order valence-electron chi connectivity index (χ1n) is 9.25. The van der Waals surface area contributed by atoms with Crippen LogP contribution in [-0.4, -0.2) is 44.2 Å². The van der Waals surface area contributed by atoms with Gasteiger partial charge in [0.2, 0.25) is 10.0 Å². The summed E-state index contributed by atoms with van der Waals surface area (Å²) in [4.78, 5) is 24.2. The van der Waals surface area contributed by atoms with Gasteiger partial charge < -0.3 is 4.74 Å². The zero-order chi connectivity index (χ0) is 20.9. The molecule has 2 N–H and O–H groups in total. The van der Waals surface area contributed by atoms with Crippen molar-refractivity contribution in [3.8, 4) is 5.75 Å². The molecule has 9 heteroatoms. The molecule has 0 aromatic heterocycles. The second kappa shape index (κ2) is 9.06. The van der Waals surface area contributed by atoms with Crippen LogP contribution in [0.4, 0.5) is 0 Å². The Balaban J connectivity index is 1.56. The van der Waals surface area contributed by atoms with Gasteiger partial charge in [0.25, 0.3) is 11.8 Å². The Bertz CT molecular complexity index is 1000. The summed E-state index contributed by atoms with van der Waals surface area (Å²) in [6, 6.07) is 13.0. The van der Waals surface area contributed by atoms with Crippen molar-refractivity contribution in [3.05, 3.63) is 59.7 Å². The summed E-state index contributed by atoms with van der Waals surface area (Å²) < 4.78 is 32.0. The number of carbonyl (C=O) groups is 2. The molecule has 3 rings (SSSR count). The van der Waals surface area contributed by atoms with Crippen molar-refractivity contribution in [1.82, 2.24) is 15.2 Å². The highest BCUT2D eigenvalue weighted by molar-refractivity contribution is 7.89. The molecule has 29 heavy (non-hydrogen) atoms. The Kier molecular flexibility index (Phi) is 6.50. The van der Waals surface area contributed by atoms with Gasteiger partial charge in [-0.25, -0.2) is 8.42 Å². The van der Waals surface area contributed by atoms with Crippen molar-refractivity contribution in [1.29, 1.82) is 0 Å². The van der Waals surface area contributed by atoms with E-state index >= 15 is 0 Å². The van der Waals surface area contributed by atoms with E-state index in [2.05, 4.69) is 10.9 Å². The first kappa shape index (κ1) is 20.8. The molecule has 0 saturated carbocycles. The number of hydrogen-bond donors (Lipinski definition) is 2. The van der Waals surface area contributed by atoms with Crippen LogP contribution in [0.5, 0.6) is 5.75 Å². The summed E-state index contributed by atoms with van der Waals surface area (Å²) in [7, 11) is -3.62. The molecule has 1 aliphatic heterocycles. The molecule has 154 valence electrons. The van der Waals surface area contributed by atoms with Crippen LogP contribution in [0.15, 0.2) is 53.4 Å². The molecule has 1 aliphatic rings. The fourth-order valence-electron chi connectivity index (χ4n) is 2.96. The second-order valence-electron chi connectivity index (χ2n) is 6.75. The lowest BCUT2D eigenvalue weighted by atomic mass is 10.2. The van der Waals surface area contributed by atoms with E-state index in [0.29, 0.717) is 18.8 Å². The third-order valence-corrected chi connectivity index (χ3v) is 6.37. The molecule has 2 aromatic rings. The quantitative estimate of drug-likeness (QED) is 0.695. The van der Waals surface area contributed by atoms with Crippen LogP contribution < -0.4 is 15.6 Å². The average Bonchev–Trinajstić information content (AvgIpc) is 3.26. The average molecular weight is 417 g/mol. The molecule has 0 bridgehead atoms. The van der Waals surface area contributed by atoms with Crippen LogP contribution in [0.3, 0.4) is 0 Å². The number of hydrazine groups is 1. The number of nitrogens with zero attached hydrogens (tertiary/aromatic N) is 1. The Morgan fingerprint density at radius 3 is 2.48 bits per heavy atom. The minimum absolute atomic E-state index is 0.0566. The van der Waals surface area contributed by atoms with E-state index in [1.165, 1.54) is 28.6 Å². The Morgan fingerprint density at radius 1 is 1.03 bits per heavy atom. The maximum absolute atomic E-state index is 12.6. The molecule has 0 radical (unpaired) electrons. The number of benzene rings is 2. The number of ether oxygens (including phenoxy) is 1. The molecule has 2 amide bonds. The van der Waals surface area contributed by atoms with E-state index in [4.69, 9.17) is 4.74 Å². The smallest absolute Gasteiger partial charge is 0.276 e. The van der Waals surface area contributed by atoms with Crippen molar-refractivity contribution >= 4 is 21.8 Å². The Labute approximate surface area is 169 Å². The highest BCUT2D eigenvalue weighted by atomic mass is 32.2. The molecular formula is C20H23N3O5S. The minimum Gasteiger partial charge on any atom is -0.484 e. The number of nitrogens with one attached hydrogen (secondary N) is 2. The highest BCUT2D eigenvalue weighted by Crippen LogP contribution is 2.21. The summed E-state index contributed by atoms with van der Waals surface area (Å²) >= 11 is 0. The molecule has 8 nitrogen and oxygen atoms in total. The number of hydrogen-bond acceptors (Lipinski definition) is 5. The van der Waals surface area contributed by atoms with Gasteiger partial charge >= 0.3 is 0 Å². The number of amides is 2. The van der Waals surface area contributed by atoms with Gasteiger partial charge in [-0.2, -0.15) is 4.31 Å². The van der Waals surface area contributed by atoms with Crippen molar-refractivity contribution < 1.29 is 22.7 Å². The van der Waals surface area contributed by atoms with Crippen LogP contribution in [-0.2, 0) is 14.8 Å². The van der Waals surface area contributed by atoms with Gasteiger partial charge in [0.15, 0.2) is 6.61 Å². The van der Waals surface area contributed by atoms with E-state index in [-0.39, 0.29) is 17.1 Å². The largest absolute Gasteiger partial charge is 0.484 e. The van der Waals surface area contributed by atoms with Crippen molar-refractivity contribution in [2.45, 2.75) is 24.7 Å². The van der Waals surface area contributed by atoms with Crippen molar-refractivity contribution in [3.63, 3.8) is 0 Å². The first-order chi connectivity index (χ1) is 13.9. The maximum atomic E-state index is 12.6. The lowest BCUT2D eigenvalue weighted by Crippen LogP contribution is -2.43. The van der Waals surface area contributed by atoms with Crippen LogP contribution in [0.2, 0.25) is 0 Å². The van der Waals surface area contributed by atoms with E-state index in [0.717, 1.165) is 18.4 Å². The Hall–Kier alpha value is -2.91. The predicted molar refractivity (Wildman–Crippen MR) is 107 cm³/mol. The molecule has 0 unspecified atom stereocenters. The third-order valence-electron chi connectivity index (χ3n) is 4.47. The van der Waals surface area contributed by atoms with E-state index < -0.39 is 21.8 Å². The van der Waals surface area contributed by atoms with Crippen LogP contribution in [0.1, 0.15) is 28.8 Å². The number of rotatable bonds is 6. The lowest BCUT2D eigenvalue weighted by Gasteiger charge is -2.16. The summed E-state index contributed by atoms with van der Waals surface area (Å²) in [6.07, 6.45) is 1.66. The van der Waals surface area contributed by atoms with Gasteiger partial charge in [-0.05, 0) is 55.7 Å². The fourth-order valence-corrected chi connectivity index (χ4v) is 4.53. The summed E-state index contributed by atoms with van der Waals surface area (Å²) in [5.41, 5.74) is 5.65.